The van der Waals surface area contributed by atoms with Crippen molar-refractivity contribution in [3.8, 4) is 11.4 Å². The maximum atomic E-state index is 12.1. The van der Waals surface area contributed by atoms with Crippen molar-refractivity contribution in [1.29, 1.82) is 0 Å². The molecule has 0 aliphatic rings. The Hall–Kier alpha value is -2.70. The highest BCUT2D eigenvalue weighted by Crippen LogP contribution is 2.19. The lowest BCUT2D eigenvalue weighted by Gasteiger charge is -2.16. The topological polar surface area (TPSA) is 77.2 Å². The van der Waals surface area contributed by atoms with Crippen molar-refractivity contribution >= 4 is 17.5 Å². The van der Waals surface area contributed by atoms with Gasteiger partial charge in [-0.25, -0.2) is 0 Å². The predicted molar refractivity (Wildman–Crippen MR) is 102 cm³/mol. The Morgan fingerprint density at radius 1 is 1.19 bits per heavy atom. The van der Waals surface area contributed by atoms with Gasteiger partial charge >= 0.3 is 0 Å². The lowest BCUT2D eigenvalue weighted by atomic mass is 10.1. The lowest BCUT2D eigenvalue weighted by Crippen LogP contribution is -2.29. The first-order chi connectivity index (χ1) is 13.2. The maximum absolute atomic E-state index is 12.1. The summed E-state index contributed by atoms with van der Waals surface area (Å²) in [5.41, 5.74) is 1.83. The van der Waals surface area contributed by atoms with Gasteiger partial charge in [0.25, 0.3) is 0 Å². The second kappa shape index (κ2) is 9.30. The van der Waals surface area contributed by atoms with E-state index in [1.54, 1.807) is 19.2 Å². The molecule has 0 spiro atoms. The Labute approximate surface area is 162 Å². The Bertz CT molecular complexity index is 866. The van der Waals surface area contributed by atoms with Crippen LogP contribution >= 0.6 is 11.6 Å². The van der Waals surface area contributed by atoms with Gasteiger partial charge < -0.3 is 14.6 Å². The molecule has 2 aromatic carbocycles. The fraction of sp³-hybridized carbons (Fsp3) is 0.250. The molecule has 0 radical (unpaired) electrons. The first-order valence-electron chi connectivity index (χ1n) is 8.58. The number of amides is 1. The Morgan fingerprint density at radius 3 is 2.63 bits per heavy atom. The summed E-state index contributed by atoms with van der Waals surface area (Å²) >= 11 is 5.87. The molecule has 1 amide bonds. The van der Waals surface area contributed by atoms with Crippen LogP contribution in [0.5, 0.6) is 0 Å². The highest BCUT2D eigenvalue weighted by molar-refractivity contribution is 6.30. The third kappa shape index (κ3) is 5.39. The molecule has 1 atom stereocenters. The van der Waals surface area contributed by atoms with E-state index in [0.29, 0.717) is 29.7 Å². The zero-order valence-corrected chi connectivity index (χ0v) is 15.6. The summed E-state index contributed by atoms with van der Waals surface area (Å²) in [6, 6.07) is 16.9. The zero-order chi connectivity index (χ0) is 19.1. The largest absolute Gasteiger partial charge is 0.375 e. The summed E-state index contributed by atoms with van der Waals surface area (Å²) in [4.78, 5) is 16.4. The monoisotopic (exact) mass is 385 g/mol. The first-order valence-corrected chi connectivity index (χ1v) is 8.96. The molecule has 0 fully saturated rings. The average Bonchev–Trinajstić information content (AvgIpc) is 3.17. The standard InChI is InChI=1S/C20H20ClN3O3/c1-26-17(14-5-3-2-4-6-14)13-22-18(25)11-12-19-23-20(24-27-19)15-7-9-16(21)10-8-15/h2-10,17H,11-13H2,1H3,(H,22,25). The van der Waals surface area contributed by atoms with Crippen molar-refractivity contribution < 1.29 is 14.1 Å². The summed E-state index contributed by atoms with van der Waals surface area (Å²) in [7, 11) is 1.63. The molecule has 0 bridgehead atoms. The molecule has 27 heavy (non-hydrogen) atoms. The number of carbonyl (C=O) groups excluding carboxylic acids is 1. The number of hydrogen-bond donors (Lipinski definition) is 1. The molecule has 1 unspecified atom stereocenters. The number of aromatic nitrogens is 2. The fourth-order valence-corrected chi connectivity index (χ4v) is 2.72. The van der Waals surface area contributed by atoms with Crippen LogP contribution in [0.4, 0.5) is 0 Å². The van der Waals surface area contributed by atoms with E-state index in [2.05, 4.69) is 15.5 Å². The third-order valence-electron chi connectivity index (χ3n) is 4.08. The van der Waals surface area contributed by atoms with Crippen molar-refractivity contribution in [2.75, 3.05) is 13.7 Å². The highest BCUT2D eigenvalue weighted by atomic mass is 35.5. The second-order valence-electron chi connectivity index (χ2n) is 5.96. The van der Waals surface area contributed by atoms with Crippen LogP contribution in [-0.4, -0.2) is 29.7 Å². The van der Waals surface area contributed by atoms with Crippen LogP contribution in [0.15, 0.2) is 59.1 Å². The molecule has 3 aromatic rings. The van der Waals surface area contributed by atoms with Crippen molar-refractivity contribution in [3.63, 3.8) is 0 Å². The number of aryl methyl sites for hydroxylation is 1. The predicted octanol–water partition coefficient (Wildman–Crippen LogP) is 3.83. The van der Waals surface area contributed by atoms with E-state index >= 15 is 0 Å². The lowest BCUT2D eigenvalue weighted by molar-refractivity contribution is -0.121. The molecular weight excluding hydrogens is 366 g/mol. The molecule has 1 N–H and O–H groups in total. The number of carbonyl (C=O) groups is 1. The Morgan fingerprint density at radius 2 is 1.93 bits per heavy atom. The summed E-state index contributed by atoms with van der Waals surface area (Å²) in [5.74, 6) is 0.797. The van der Waals surface area contributed by atoms with Crippen molar-refractivity contribution in [2.24, 2.45) is 0 Å². The first kappa shape index (κ1) is 19.1. The summed E-state index contributed by atoms with van der Waals surface area (Å²) < 4.78 is 10.7. The van der Waals surface area contributed by atoms with E-state index in [0.717, 1.165) is 11.1 Å². The van der Waals surface area contributed by atoms with Gasteiger partial charge in [-0.1, -0.05) is 47.1 Å². The van der Waals surface area contributed by atoms with Gasteiger partial charge in [0.05, 0.1) is 6.10 Å². The number of rotatable bonds is 8. The summed E-state index contributed by atoms with van der Waals surface area (Å²) in [5, 5.41) is 7.46. The fourth-order valence-electron chi connectivity index (χ4n) is 2.59. The summed E-state index contributed by atoms with van der Waals surface area (Å²) in [6.45, 7) is 0.402. The van der Waals surface area contributed by atoms with E-state index in [-0.39, 0.29) is 18.4 Å². The molecule has 7 heteroatoms. The number of benzene rings is 2. The number of nitrogens with zero attached hydrogens (tertiary/aromatic N) is 2. The number of ether oxygens (including phenoxy) is 1. The van der Waals surface area contributed by atoms with Crippen LogP contribution in [0.2, 0.25) is 5.02 Å². The van der Waals surface area contributed by atoms with Gasteiger partial charge in [-0.05, 0) is 29.8 Å². The second-order valence-corrected chi connectivity index (χ2v) is 6.39. The van der Waals surface area contributed by atoms with Crippen LogP contribution in [-0.2, 0) is 16.0 Å². The van der Waals surface area contributed by atoms with Crippen molar-refractivity contribution in [2.45, 2.75) is 18.9 Å². The van der Waals surface area contributed by atoms with Crippen LogP contribution in [0.25, 0.3) is 11.4 Å². The Kier molecular flexibility index (Phi) is 6.57. The molecule has 0 saturated heterocycles. The average molecular weight is 386 g/mol. The zero-order valence-electron chi connectivity index (χ0n) is 14.9. The van der Waals surface area contributed by atoms with Crippen molar-refractivity contribution in [1.82, 2.24) is 15.5 Å². The molecule has 1 heterocycles. The van der Waals surface area contributed by atoms with E-state index in [9.17, 15) is 4.79 Å². The van der Waals surface area contributed by atoms with E-state index in [1.807, 2.05) is 42.5 Å². The minimum atomic E-state index is -0.185. The SMILES string of the molecule is COC(CNC(=O)CCc1nc(-c2ccc(Cl)cc2)no1)c1ccccc1. The quantitative estimate of drug-likeness (QED) is 0.637. The van der Waals surface area contributed by atoms with Crippen LogP contribution in [0.3, 0.4) is 0 Å². The van der Waals surface area contributed by atoms with E-state index < -0.39 is 0 Å². The van der Waals surface area contributed by atoms with Crippen LogP contribution in [0, 0.1) is 0 Å². The van der Waals surface area contributed by atoms with Gasteiger partial charge in [-0.3, -0.25) is 4.79 Å². The molecule has 6 nitrogen and oxygen atoms in total. The normalized spacial score (nSPS) is 11.9. The Balaban J connectivity index is 1.48. The smallest absolute Gasteiger partial charge is 0.227 e. The molecule has 1 aromatic heterocycles. The summed E-state index contributed by atoms with van der Waals surface area (Å²) in [6.07, 6.45) is 0.443. The van der Waals surface area contributed by atoms with Gasteiger partial charge in [0.2, 0.25) is 17.6 Å². The minimum Gasteiger partial charge on any atom is -0.375 e. The van der Waals surface area contributed by atoms with Gasteiger partial charge in [-0.15, -0.1) is 0 Å². The number of hydrogen-bond acceptors (Lipinski definition) is 5. The molecule has 0 aliphatic heterocycles. The molecule has 140 valence electrons. The number of methoxy groups -OCH3 is 1. The molecular formula is C20H20ClN3O3. The van der Waals surface area contributed by atoms with E-state index in [1.165, 1.54) is 0 Å². The van der Waals surface area contributed by atoms with Crippen LogP contribution < -0.4 is 5.32 Å². The molecule has 0 saturated carbocycles. The van der Waals surface area contributed by atoms with Crippen molar-refractivity contribution in [3.05, 3.63) is 71.1 Å². The molecule has 0 aliphatic carbocycles. The number of nitrogens with one attached hydrogen (secondary N) is 1. The van der Waals surface area contributed by atoms with E-state index in [4.69, 9.17) is 20.9 Å². The van der Waals surface area contributed by atoms with Crippen LogP contribution in [0.1, 0.15) is 24.0 Å². The molecule has 3 rings (SSSR count). The highest BCUT2D eigenvalue weighted by Gasteiger charge is 2.14. The van der Waals surface area contributed by atoms with Gasteiger partial charge in [0.15, 0.2) is 0 Å². The van der Waals surface area contributed by atoms with Gasteiger partial charge in [0.1, 0.15) is 0 Å². The minimum absolute atomic E-state index is 0.0979. The third-order valence-corrected chi connectivity index (χ3v) is 4.33. The maximum Gasteiger partial charge on any atom is 0.227 e. The van der Waals surface area contributed by atoms with Gasteiger partial charge in [-0.2, -0.15) is 4.98 Å². The van der Waals surface area contributed by atoms with Gasteiger partial charge in [0, 0.05) is 37.1 Å². The number of halogens is 1.